The van der Waals surface area contributed by atoms with Crippen LogP contribution in [0.2, 0.25) is 0 Å². The smallest absolute Gasteiger partial charge is 0.305 e. The van der Waals surface area contributed by atoms with Crippen LogP contribution in [0.3, 0.4) is 0 Å². The zero-order valence-corrected chi connectivity index (χ0v) is 18.1. The molecule has 0 aliphatic rings. The molecule has 7 nitrogen and oxygen atoms in total. The number of benzene rings is 1. The summed E-state index contributed by atoms with van der Waals surface area (Å²) in [6.45, 7) is 2.90. The molecule has 0 fully saturated rings. The van der Waals surface area contributed by atoms with E-state index in [4.69, 9.17) is 19.9 Å². The van der Waals surface area contributed by atoms with E-state index in [1.165, 1.54) is 0 Å². The Morgan fingerprint density at radius 1 is 1.12 bits per heavy atom. The SMILES string of the molecule is CCOC(=O)CCCCCCN=C(N)Nc1ccc(OC)c(OC)c1.I. The summed E-state index contributed by atoms with van der Waals surface area (Å²) in [4.78, 5) is 15.5. The van der Waals surface area contributed by atoms with Gasteiger partial charge >= 0.3 is 5.97 Å². The maximum absolute atomic E-state index is 11.2. The minimum absolute atomic E-state index is 0. The fourth-order valence-corrected chi connectivity index (χ4v) is 2.27. The Bertz CT molecular complexity index is 567. The number of nitrogens with zero attached hydrogens (tertiary/aromatic N) is 1. The highest BCUT2D eigenvalue weighted by atomic mass is 127. The molecule has 8 heteroatoms. The van der Waals surface area contributed by atoms with Crippen molar-refractivity contribution in [3.05, 3.63) is 18.2 Å². The Hall–Kier alpha value is -1.71. The number of ether oxygens (including phenoxy) is 3. The number of unbranched alkanes of at least 4 members (excludes halogenated alkanes) is 3. The van der Waals surface area contributed by atoms with Crippen LogP contribution in [0.15, 0.2) is 23.2 Å². The Morgan fingerprint density at radius 2 is 1.81 bits per heavy atom. The van der Waals surface area contributed by atoms with Crippen molar-refractivity contribution in [3.63, 3.8) is 0 Å². The second kappa shape index (κ2) is 14.5. The minimum Gasteiger partial charge on any atom is -0.493 e. The van der Waals surface area contributed by atoms with Gasteiger partial charge in [0, 0.05) is 24.7 Å². The van der Waals surface area contributed by atoms with Crippen molar-refractivity contribution in [1.82, 2.24) is 0 Å². The standard InChI is InChI=1S/C18H29N3O4.HI/c1-4-25-17(22)9-7-5-6-8-12-20-18(19)21-14-10-11-15(23-2)16(13-14)24-3;/h10-11,13H,4-9,12H2,1-3H3,(H3,19,20,21);1H. The van der Waals surface area contributed by atoms with E-state index in [1.807, 2.05) is 13.0 Å². The van der Waals surface area contributed by atoms with Gasteiger partial charge in [-0.2, -0.15) is 0 Å². The zero-order chi connectivity index (χ0) is 18.5. The van der Waals surface area contributed by atoms with Gasteiger partial charge in [-0.3, -0.25) is 9.79 Å². The van der Waals surface area contributed by atoms with Crippen molar-refractivity contribution in [2.45, 2.75) is 39.0 Å². The fraction of sp³-hybridized carbons (Fsp3) is 0.556. The molecule has 0 spiro atoms. The number of aliphatic imine (C=N–C) groups is 1. The van der Waals surface area contributed by atoms with Crippen molar-refractivity contribution in [2.24, 2.45) is 10.7 Å². The Balaban J connectivity index is 0.00000625. The van der Waals surface area contributed by atoms with Gasteiger partial charge in [-0.1, -0.05) is 12.8 Å². The molecule has 1 aromatic carbocycles. The summed E-state index contributed by atoms with van der Waals surface area (Å²) < 4.78 is 15.3. The first-order chi connectivity index (χ1) is 12.1. The van der Waals surface area contributed by atoms with E-state index in [0.717, 1.165) is 31.4 Å². The zero-order valence-electron chi connectivity index (χ0n) is 15.7. The Morgan fingerprint density at radius 3 is 2.46 bits per heavy atom. The van der Waals surface area contributed by atoms with Crippen LogP contribution in [0.4, 0.5) is 5.69 Å². The molecular formula is C18H30IN3O4. The van der Waals surface area contributed by atoms with Crippen molar-refractivity contribution >= 4 is 41.6 Å². The molecule has 0 amide bonds. The highest BCUT2D eigenvalue weighted by Crippen LogP contribution is 2.29. The van der Waals surface area contributed by atoms with Gasteiger partial charge < -0.3 is 25.3 Å². The first-order valence-corrected chi connectivity index (χ1v) is 8.55. The number of esters is 1. The van der Waals surface area contributed by atoms with Crippen LogP contribution in [0, 0.1) is 0 Å². The number of nitrogens with one attached hydrogen (secondary N) is 1. The average Bonchev–Trinajstić information content (AvgIpc) is 2.61. The van der Waals surface area contributed by atoms with Crippen LogP contribution in [0.5, 0.6) is 11.5 Å². The topological polar surface area (TPSA) is 95.2 Å². The molecule has 0 saturated heterocycles. The Kier molecular flexibility index (Phi) is 13.5. The molecule has 0 unspecified atom stereocenters. The molecule has 148 valence electrons. The molecule has 26 heavy (non-hydrogen) atoms. The van der Waals surface area contributed by atoms with Crippen molar-refractivity contribution in [2.75, 3.05) is 32.7 Å². The lowest BCUT2D eigenvalue weighted by Crippen LogP contribution is -2.22. The van der Waals surface area contributed by atoms with Gasteiger partial charge in [0.1, 0.15) is 0 Å². The first kappa shape index (κ1) is 24.3. The molecule has 1 aromatic rings. The number of carbonyl (C=O) groups is 1. The van der Waals surface area contributed by atoms with Crippen LogP contribution in [-0.2, 0) is 9.53 Å². The van der Waals surface area contributed by atoms with Gasteiger partial charge in [-0.15, -0.1) is 24.0 Å². The summed E-state index contributed by atoms with van der Waals surface area (Å²) in [6.07, 6.45) is 4.25. The molecule has 0 aliphatic heterocycles. The van der Waals surface area contributed by atoms with Crippen molar-refractivity contribution < 1.29 is 19.0 Å². The molecule has 0 aromatic heterocycles. The number of hydrogen-bond donors (Lipinski definition) is 2. The maximum Gasteiger partial charge on any atom is 0.305 e. The monoisotopic (exact) mass is 479 g/mol. The van der Waals surface area contributed by atoms with Crippen molar-refractivity contribution in [1.29, 1.82) is 0 Å². The quantitative estimate of drug-likeness (QED) is 0.166. The molecule has 0 saturated carbocycles. The average molecular weight is 479 g/mol. The van der Waals surface area contributed by atoms with E-state index in [1.54, 1.807) is 26.4 Å². The van der Waals surface area contributed by atoms with Gasteiger partial charge in [-0.05, 0) is 31.9 Å². The number of halogens is 1. The van der Waals surface area contributed by atoms with E-state index in [-0.39, 0.29) is 29.9 Å². The predicted molar refractivity (Wildman–Crippen MR) is 115 cm³/mol. The van der Waals surface area contributed by atoms with Crippen molar-refractivity contribution in [3.8, 4) is 11.5 Å². The van der Waals surface area contributed by atoms with Gasteiger partial charge in [-0.25, -0.2) is 0 Å². The third-order valence-electron chi connectivity index (χ3n) is 3.53. The molecule has 0 atom stereocenters. The summed E-state index contributed by atoms with van der Waals surface area (Å²) >= 11 is 0. The highest BCUT2D eigenvalue weighted by Gasteiger charge is 2.05. The maximum atomic E-state index is 11.2. The van der Waals surface area contributed by atoms with Gasteiger partial charge in [0.25, 0.3) is 0 Å². The normalized spacial score (nSPS) is 10.7. The largest absolute Gasteiger partial charge is 0.493 e. The van der Waals surface area contributed by atoms with Gasteiger partial charge in [0.15, 0.2) is 17.5 Å². The lowest BCUT2D eigenvalue weighted by Gasteiger charge is -2.10. The van der Waals surface area contributed by atoms with Crippen LogP contribution in [-0.4, -0.2) is 39.3 Å². The lowest BCUT2D eigenvalue weighted by atomic mass is 10.1. The van der Waals surface area contributed by atoms with E-state index in [0.29, 0.717) is 37.0 Å². The number of rotatable bonds is 11. The van der Waals surface area contributed by atoms with Crippen LogP contribution < -0.4 is 20.5 Å². The lowest BCUT2D eigenvalue weighted by molar-refractivity contribution is -0.143. The molecular weight excluding hydrogens is 449 g/mol. The number of nitrogens with two attached hydrogens (primary N) is 1. The number of guanidine groups is 1. The number of methoxy groups -OCH3 is 2. The molecule has 0 aliphatic carbocycles. The summed E-state index contributed by atoms with van der Waals surface area (Å²) in [5.74, 6) is 1.52. The van der Waals surface area contributed by atoms with E-state index >= 15 is 0 Å². The minimum atomic E-state index is -0.121. The molecule has 1 rings (SSSR count). The molecule has 3 N–H and O–H groups in total. The summed E-state index contributed by atoms with van der Waals surface area (Å²) in [5, 5.41) is 3.03. The number of hydrogen-bond acceptors (Lipinski definition) is 5. The summed E-state index contributed by atoms with van der Waals surface area (Å²) in [7, 11) is 3.18. The third kappa shape index (κ3) is 9.69. The second-order valence-corrected chi connectivity index (χ2v) is 5.43. The first-order valence-electron chi connectivity index (χ1n) is 8.55. The van der Waals surface area contributed by atoms with Gasteiger partial charge in [0.05, 0.1) is 20.8 Å². The molecule has 0 radical (unpaired) electrons. The van der Waals surface area contributed by atoms with Gasteiger partial charge in [0.2, 0.25) is 0 Å². The number of anilines is 1. The fourth-order valence-electron chi connectivity index (χ4n) is 2.27. The predicted octanol–water partition coefficient (Wildman–Crippen LogP) is 3.56. The van der Waals surface area contributed by atoms with Crippen LogP contribution >= 0.6 is 24.0 Å². The molecule has 0 bridgehead atoms. The summed E-state index contributed by atoms with van der Waals surface area (Å²) in [6, 6.07) is 5.45. The Labute approximate surface area is 172 Å². The van der Waals surface area contributed by atoms with E-state index in [9.17, 15) is 4.79 Å². The second-order valence-electron chi connectivity index (χ2n) is 5.43. The number of carbonyl (C=O) groups excluding carboxylic acids is 1. The highest BCUT2D eigenvalue weighted by molar-refractivity contribution is 14.0. The van der Waals surface area contributed by atoms with E-state index < -0.39 is 0 Å². The van der Waals surface area contributed by atoms with Crippen LogP contribution in [0.25, 0.3) is 0 Å². The van der Waals surface area contributed by atoms with Crippen LogP contribution in [0.1, 0.15) is 39.0 Å². The third-order valence-corrected chi connectivity index (χ3v) is 3.53. The molecule has 0 heterocycles. The summed E-state index contributed by atoms with van der Waals surface area (Å²) in [5.41, 5.74) is 6.67. The van der Waals surface area contributed by atoms with E-state index in [2.05, 4.69) is 10.3 Å².